The van der Waals surface area contributed by atoms with E-state index >= 15 is 0 Å². The van der Waals surface area contributed by atoms with Gasteiger partial charge in [-0.1, -0.05) is 71.2 Å². The van der Waals surface area contributed by atoms with Crippen molar-refractivity contribution in [3.8, 4) is 0 Å². The van der Waals surface area contributed by atoms with Gasteiger partial charge in [0.1, 0.15) is 17.3 Å². The van der Waals surface area contributed by atoms with Crippen LogP contribution in [0, 0.1) is 0 Å². The molecule has 0 amide bonds. The van der Waals surface area contributed by atoms with Crippen molar-refractivity contribution in [2.45, 2.75) is 17.3 Å². The van der Waals surface area contributed by atoms with Crippen molar-refractivity contribution >= 4 is 53.0 Å². The SMILES string of the molecule is Clc1ccc(C[S+](Cc2ccc(Cl)cc2)Cc2ccc(Cl)cc2)cc1.F[B-](F)(F)F. The highest BCUT2D eigenvalue weighted by atomic mass is 35.5. The van der Waals surface area contributed by atoms with E-state index in [0.717, 1.165) is 32.3 Å². The molecule has 0 fully saturated rings. The van der Waals surface area contributed by atoms with Crippen molar-refractivity contribution < 1.29 is 17.3 Å². The van der Waals surface area contributed by atoms with Crippen LogP contribution < -0.4 is 0 Å². The maximum absolute atomic E-state index is 9.75. The van der Waals surface area contributed by atoms with Crippen LogP contribution in [0.4, 0.5) is 17.3 Å². The highest BCUT2D eigenvalue weighted by Gasteiger charge is 2.21. The lowest BCUT2D eigenvalue weighted by Crippen LogP contribution is -2.12. The van der Waals surface area contributed by atoms with Gasteiger partial charge in [-0.05, 0) is 36.4 Å². The second-order valence-corrected chi connectivity index (χ2v) is 9.82. The first-order valence-corrected chi connectivity index (χ1v) is 11.7. The average Bonchev–Trinajstić information content (AvgIpc) is 2.66. The predicted molar refractivity (Wildman–Crippen MR) is 123 cm³/mol. The Morgan fingerprint density at radius 1 is 0.500 bits per heavy atom. The first kappa shape index (κ1) is 24.9. The Morgan fingerprint density at radius 2 is 0.700 bits per heavy atom. The fraction of sp³-hybridized carbons (Fsp3) is 0.143. The summed E-state index contributed by atoms with van der Waals surface area (Å²) in [5, 5.41) is 2.33. The predicted octanol–water partition coefficient (Wildman–Crippen LogP) is 8.47. The fourth-order valence-electron chi connectivity index (χ4n) is 2.60. The molecule has 9 heteroatoms. The molecule has 0 aliphatic rings. The number of benzene rings is 3. The van der Waals surface area contributed by atoms with Gasteiger partial charge in [0.05, 0.1) is 0 Å². The minimum Gasteiger partial charge on any atom is -0.418 e. The monoisotopic (exact) mass is 494 g/mol. The number of halogens is 7. The Morgan fingerprint density at radius 3 is 0.900 bits per heavy atom. The van der Waals surface area contributed by atoms with E-state index in [1.54, 1.807) is 0 Å². The Labute approximate surface area is 191 Å². The summed E-state index contributed by atoms with van der Waals surface area (Å²) in [5.74, 6) is 3.09. The lowest BCUT2D eigenvalue weighted by Gasteiger charge is -2.10. The van der Waals surface area contributed by atoms with Crippen molar-refractivity contribution in [1.29, 1.82) is 0 Å². The quantitative estimate of drug-likeness (QED) is 0.183. The van der Waals surface area contributed by atoms with Gasteiger partial charge in [-0.15, -0.1) is 0 Å². The lowest BCUT2D eigenvalue weighted by atomic mass is 10.2. The average molecular weight is 496 g/mol. The first-order valence-electron chi connectivity index (χ1n) is 8.83. The summed E-state index contributed by atoms with van der Waals surface area (Å²) in [4.78, 5) is 0. The van der Waals surface area contributed by atoms with Crippen molar-refractivity contribution in [2.75, 3.05) is 0 Å². The van der Waals surface area contributed by atoms with Crippen LogP contribution in [0.25, 0.3) is 0 Å². The zero-order valence-electron chi connectivity index (χ0n) is 15.7. The molecule has 0 atom stereocenters. The molecule has 0 aliphatic heterocycles. The largest absolute Gasteiger partial charge is 0.673 e. The van der Waals surface area contributed by atoms with E-state index in [1.165, 1.54) is 16.7 Å². The van der Waals surface area contributed by atoms with Gasteiger partial charge < -0.3 is 17.3 Å². The molecule has 3 aromatic carbocycles. The van der Waals surface area contributed by atoms with E-state index in [4.69, 9.17) is 34.8 Å². The van der Waals surface area contributed by atoms with Gasteiger partial charge in [0.25, 0.3) is 0 Å². The molecular formula is C21H18BCl3F4S. The molecule has 30 heavy (non-hydrogen) atoms. The molecule has 0 radical (unpaired) electrons. The van der Waals surface area contributed by atoms with Gasteiger partial charge in [0.2, 0.25) is 0 Å². The molecule has 3 aromatic rings. The molecule has 0 bridgehead atoms. The second kappa shape index (κ2) is 11.9. The maximum Gasteiger partial charge on any atom is 0.673 e. The van der Waals surface area contributed by atoms with Gasteiger partial charge in [-0.3, -0.25) is 0 Å². The number of hydrogen-bond donors (Lipinski definition) is 0. The van der Waals surface area contributed by atoms with E-state index in [0.29, 0.717) is 0 Å². The molecule has 0 saturated heterocycles. The Bertz CT molecular complexity index is 783. The Kier molecular flexibility index (Phi) is 9.88. The molecule has 0 N–H and O–H groups in total. The molecule has 0 unspecified atom stereocenters. The minimum atomic E-state index is -6.00. The summed E-state index contributed by atoms with van der Waals surface area (Å²) in [6, 6.07) is 24.5. The molecule has 0 spiro atoms. The van der Waals surface area contributed by atoms with Crippen molar-refractivity contribution in [3.63, 3.8) is 0 Å². The van der Waals surface area contributed by atoms with E-state index in [-0.39, 0.29) is 10.9 Å². The van der Waals surface area contributed by atoms with Crippen molar-refractivity contribution in [2.24, 2.45) is 0 Å². The highest BCUT2D eigenvalue weighted by Crippen LogP contribution is 2.22. The van der Waals surface area contributed by atoms with E-state index in [9.17, 15) is 17.3 Å². The second-order valence-electron chi connectivity index (χ2n) is 6.42. The maximum atomic E-state index is 9.75. The molecule has 0 saturated carbocycles. The molecule has 0 aromatic heterocycles. The summed E-state index contributed by atoms with van der Waals surface area (Å²) >= 11 is 18.0. The van der Waals surface area contributed by atoms with Crippen molar-refractivity contribution in [1.82, 2.24) is 0 Å². The zero-order chi connectivity index (χ0) is 22.1. The topological polar surface area (TPSA) is 0 Å². The van der Waals surface area contributed by atoms with Crippen LogP contribution in [0.3, 0.4) is 0 Å². The third-order valence-electron chi connectivity index (χ3n) is 3.85. The third-order valence-corrected chi connectivity index (χ3v) is 6.83. The molecule has 160 valence electrons. The van der Waals surface area contributed by atoms with Crippen LogP contribution >= 0.6 is 34.8 Å². The molecular weight excluding hydrogens is 477 g/mol. The number of hydrogen-bond acceptors (Lipinski definition) is 0. The molecule has 0 aliphatic carbocycles. The Balaban J connectivity index is 0.000000575. The van der Waals surface area contributed by atoms with Crippen LogP contribution in [-0.4, -0.2) is 7.25 Å². The molecule has 0 heterocycles. The molecule has 0 nitrogen and oxygen atoms in total. The van der Waals surface area contributed by atoms with Gasteiger partial charge >= 0.3 is 7.25 Å². The van der Waals surface area contributed by atoms with Gasteiger partial charge in [0.15, 0.2) is 0 Å². The van der Waals surface area contributed by atoms with Gasteiger partial charge in [0, 0.05) is 42.7 Å². The summed E-state index contributed by atoms with van der Waals surface area (Å²) in [6.07, 6.45) is 0. The van der Waals surface area contributed by atoms with Crippen molar-refractivity contribution in [3.05, 3.63) is 105 Å². The zero-order valence-corrected chi connectivity index (χ0v) is 18.8. The normalized spacial score (nSPS) is 11.2. The fourth-order valence-corrected chi connectivity index (χ4v) is 5.28. The van der Waals surface area contributed by atoms with E-state index in [1.807, 2.05) is 36.4 Å². The standard InChI is InChI=1S/C21H18Cl3S.BF4/c22-19-7-1-16(2-8-19)13-25(14-17-3-9-20(23)10-4-17)15-18-5-11-21(24)12-6-18;2-1(3,4)5/h1-12H,13-15H2;/q+1;-1. The van der Waals surface area contributed by atoms with E-state index in [2.05, 4.69) is 36.4 Å². The van der Waals surface area contributed by atoms with Crippen LogP contribution in [0.5, 0.6) is 0 Å². The summed E-state index contributed by atoms with van der Waals surface area (Å²) in [5.41, 5.74) is 3.95. The van der Waals surface area contributed by atoms with Gasteiger partial charge in [-0.2, -0.15) is 0 Å². The third kappa shape index (κ3) is 10.6. The smallest absolute Gasteiger partial charge is 0.418 e. The summed E-state index contributed by atoms with van der Waals surface area (Å²) < 4.78 is 39.0. The van der Waals surface area contributed by atoms with E-state index < -0.39 is 7.25 Å². The molecule has 3 rings (SSSR count). The lowest BCUT2D eigenvalue weighted by molar-refractivity contribution is 0.368. The first-order chi connectivity index (χ1) is 14.1. The van der Waals surface area contributed by atoms with Crippen LogP contribution in [-0.2, 0) is 28.2 Å². The summed E-state index contributed by atoms with van der Waals surface area (Å²) in [6.45, 7) is 0. The number of rotatable bonds is 6. The minimum absolute atomic E-state index is 0.173. The summed E-state index contributed by atoms with van der Waals surface area (Å²) in [7, 11) is -5.83. The van der Waals surface area contributed by atoms with Crippen LogP contribution in [0.2, 0.25) is 15.1 Å². The van der Waals surface area contributed by atoms with Gasteiger partial charge in [-0.25, -0.2) is 0 Å². The Hall–Kier alpha value is -1.34. The van der Waals surface area contributed by atoms with Crippen LogP contribution in [0.1, 0.15) is 16.7 Å². The highest BCUT2D eigenvalue weighted by molar-refractivity contribution is 7.94. The van der Waals surface area contributed by atoms with Crippen LogP contribution in [0.15, 0.2) is 72.8 Å².